The SMILES string of the molecule is CCC(=O)OC(OC(=O)CC)C(C)(O)c1ccc(F)cc1F. The van der Waals surface area contributed by atoms with E-state index in [2.05, 4.69) is 0 Å². The Morgan fingerprint density at radius 2 is 1.68 bits per heavy atom. The molecule has 0 spiro atoms. The van der Waals surface area contributed by atoms with Gasteiger partial charge in [-0.05, 0) is 13.0 Å². The monoisotopic (exact) mass is 316 g/mol. The van der Waals surface area contributed by atoms with Gasteiger partial charge in [0.2, 0.25) is 0 Å². The highest BCUT2D eigenvalue weighted by molar-refractivity contribution is 5.71. The molecule has 1 N–H and O–H groups in total. The second-order valence-corrected chi connectivity index (χ2v) is 4.79. The predicted octanol–water partition coefficient (Wildman–Crippen LogP) is 2.40. The highest BCUT2D eigenvalue weighted by Gasteiger charge is 2.41. The minimum absolute atomic E-state index is 0.0256. The van der Waals surface area contributed by atoms with E-state index in [9.17, 15) is 23.5 Å². The fourth-order valence-electron chi connectivity index (χ4n) is 1.69. The molecule has 5 nitrogen and oxygen atoms in total. The number of carbonyl (C=O) groups is 2. The minimum atomic E-state index is -2.17. The molecule has 1 atom stereocenters. The van der Waals surface area contributed by atoms with E-state index in [1.54, 1.807) is 0 Å². The Balaban J connectivity index is 3.18. The van der Waals surface area contributed by atoms with Gasteiger partial charge in [-0.25, -0.2) is 8.78 Å². The molecule has 1 aromatic carbocycles. The molecule has 0 saturated heterocycles. The maximum Gasteiger partial charge on any atom is 0.308 e. The highest BCUT2D eigenvalue weighted by atomic mass is 19.1. The molecule has 0 aromatic heterocycles. The summed E-state index contributed by atoms with van der Waals surface area (Å²) in [7, 11) is 0. The molecule has 0 fully saturated rings. The molecule has 0 aliphatic heterocycles. The summed E-state index contributed by atoms with van der Waals surface area (Å²) in [6, 6.07) is 2.51. The van der Waals surface area contributed by atoms with E-state index in [1.165, 1.54) is 13.8 Å². The van der Waals surface area contributed by atoms with E-state index in [1.807, 2.05) is 0 Å². The van der Waals surface area contributed by atoms with Crippen LogP contribution in [0.15, 0.2) is 18.2 Å². The fraction of sp³-hybridized carbons (Fsp3) is 0.467. The standard InChI is InChI=1S/C15H18F2O5/c1-4-12(18)21-14(22-13(19)5-2)15(3,20)10-7-6-9(16)8-11(10)17/h6-8,14,20H,4-5H2,1-3H3. The lowest BCUT2D eigenvalue weighted by Crippen LogP contribution is -2.43. The lowest BCUT2D eigenvalue weighted by Gasteiger charge is -2.32. The Kier molecular flexibility index (Phi) is 5.99. The Morgan fingerprint density at radius 3 is 2.09 bits per heavy atom. The van der Waals surface area contributed by atoms with Crippen molar-refractivity contribution in [3.05, 3.63) is 35.4 Å². The second-order valence-electron chi connectivity index (χ2n) is 4.79. The van der Waals surface area contributed by atoms with Gasteiger partial charge in [0.1, 0.15) is 11.6 Å². The van der Waals surface area contributed by atoms with Gasteiger partial charge in [0.05, 0.1) is 0 Å². The minimum Gasteiger partial charge on any atom is -0.422 e. The Labute approximate surface area is 126 Å². The number of halogens is 2. The summed E-state index contributed by atoms with van der Waals surface area (Å²) in [6.07, 6.45) is -1.79. The summed E-state index contributed by atoms with van der Waals surface area (Å²) in [5.74, 6) is -3.35. The van der Waals surface area contributed by atoms with Crippen LogP contribution in [0.1, 0.15) is 39.2 Å². The number of hydrogen-bond acceptors (Lipinski definition) is 5. The lowest BCUT2D eigenvalue weighted by molar-refractivity contribution is -0.231. The molecule has 0 heterocycles. The van der Waals surface area contributed by atoms with Gasteiger partial charge >= 0.3 is 11.9 Å². The Hall–Kier alpha value is -2.02. The quantitative estimate of drug-likeness (QED) is 0.644. The first kappa shape index (κ1) is 18.0. The summed E-state index contributed by atoms with van der Waals surface area (Å²) in [6.45, 7) is 4.13. The van der Waals surface area contributed by atoms with Crippen LogP contribution in [-0.4, -0.2) is 23.3 Å². The van der Waals surface area contributed by atoms with Crippen molar-refractivity contribution >= 4 is 11.9 Å². The van der Waals surface area contributed by atoms with Crippen LogP contribution in [0.2, 0.25) is 0 Å². The van der Waals surface area contributed by atoms with Crippen molar-refractivity contribution in [2.45, 2.75) is 45.5 Å². The molecule has 0 bridgehead atoms. The van der Waals surface area contributed by atoms with Crippen LogP contribution in [0.4, 0.5) is 8.78 Å². The smallest absolute Gasteiger partial charge is 0.308 e. The normalized spacial score (nSPS) is 13.6. The van der Waals surface area contributed by atoms with Gasteiger partial charge in [0, 0.05) is 24.5 Å². The lowest BCUT2D eigenvalue weighted by atomic mass is 9.94. The van der Waals surface area contributed by atoms with Crippen LogP contribution in [0.5, 0.6) is 0 Å². The zero-order valence-corrected chi connectivity index (χ0v) is 12.6. The topological polar surface area (TPSA) is 72.8 Å². The van der Waals surface area contributed by atoms with Gasteiger partial charge in [-0.3, -0.25) is 9.59 Å². The number of benzene rings is 1. The van der Waals surface area contributed by atoms with Gasteiger partial charge in [-0.1, -0.05) is 19.9 Å². The third-order valence-electron chi connectivity index (χ3n) is 2.99. The summed E-state index contributed by atoms with van der Waals surface area (Å²) in [4.78, 5) is 22.9. The molecule has 7 heteroatoms. The third kappa shape index (κ3) is 4.24. The van der Waals surface area contributed by atoms with E-state index in [0.29, 0.717) is 6.07 Å². The molecule has 0 amide bonds. The maximum absolute atomic E-state index is 13.9. The van der Waals surface area contributed by atoms with Crippen molar-refractivity contribution in [3.8, 4) is 0 Å². The van der Waals surface area contributed by atoms with E-state index >= 15 is 0 Å². The average Bonchev–Trinajstić information content (AvgIpc) is 2.45. The third-order valence-corrected chi connectivity index (χ3v) is 2.99. The van der Waals surface area contributed by atoms with Crippen LogP contribution in [0, 0.1) is 11.6 Å². The maximum atomic E-state index is 13.9. The zero-order valence-electron chi connectivity index (χ0n) is 12.6. The summed E-state index contributed by atoms with van der Waals surface area (Å²) in [5.41, 5.74) is -2.53. The van der Waals surface area contributed by atoms with Crippen LogP contribution in [0.25, 0.3) is 0 Å². The van der Waals surface area contributed by atoms with Gasteiger partial charge in [0.15, 0.2) is 5.60 Å². The fourth-order valence-corrected chi connectivity index (χ4v) is 1.69. The van der Waals surface area contributed by atoms with Crippen LogP contribution in [0.3, 0.4) is 0 Å². The summed E-state index contributed by atoms with van der Waals surface area (Å²) >= 11 is 0. The second kappa shape index (κ2) is 7.31. The van der Waals surface area contributed by atoms with Gasteiger partial charge in [-0.15, -0.1) is 0 Å². The molecule has 0 aliphatic carbocycles. The number of rotatable bonds is 6. The van der Waals surface area contributed by atoms with Gasteiger partial charge in [-0.2, -0.15) is 0 Å². The van der Waals surface area contributed by atoms with E-state index in [4.69, 9.17) is 9.47 Å². The van der Waals surface area contributed by atoms with E-state index < -0.39 is 35.5 Å². The molecule has 22 heavy (non-hydrogen) atoms. The van der Waals surface area contributed by atoms with Crippen LogP contribution < -0.4 is 0 Å². The first-order valence-electron chi connectivity index (χ1n) is 6.79. The van der Waals surface area contributed by atoms with Crippen molar-refractivity contribution < 1.29 is 33.0 Å². The Morgan fingerprint density at radius 1 is 1.18 bits per heavy atom. The van der Waals surface area contributed by atoms with Crippen molar-refractivity contribution in [2.75, 3.05) is 0 Å². The first-order valence-corrected chi connectivity index (χ1v) is 6.79. The number of hydrogen-bond donors (Lipinski definition) is 1. The van der Waals surface area contributed by atoms with Gasteiger partial charge in [0.25, 0.3) is 6.29 Å². The summed E-state index contributed by atoms with van der Waals surface area (Å²) in [5, 5.41) is 10.5. The molecular formula is C15H18F2O5. The molecule has 0 radical (unpaired) electrons. The number of ether oxygens (including phenoxy) is 2. The van der Waals surface area contributed by atoms with Crippen molar-refractivity contribution in [1.29, 1.82) is 0 Å². The van der Waals surface area contributed by atoms with Gasteiger partial charge < -0.3 is 14.6 Å². The molecule has 1 rings (SSSR count). The highest BCUT2D eigenvalue weighted by Crippen LogP contribution is 2.30. The molecule has 0 aliphatic rings. The van der Waals surface area contributed by atoms with Crippen LogP contribution in [-0.2, 0) is 24.7 Å². The molecule has 122 valence electrons. The molecular weight excluding hydrogens is 298 g/mol. The largest absolute Gasteiger partial charge is 0.422 e. The number of carbonyl (C=O) groups excluding carboxylic acids is 2. The average molecular weight is 316 g/mol. The zero-order chi connectivity index (χ0) is 16.9. The Bertz CT molecular complexity index is 539. The van der Waals surface area contributed by atoms with Crippen LogP contribution >= 0.6 is 0 Å². The first-order chi connectivity index (χ1) is 10.2. The summed E-state index contributed by atoms with van der Waals surface area (Å²) < 4.78 is 36.6. The van der Waals surface area contributed by atoms with Crippen molar-refractivity contribution in [1.82, 2.24) is 0 Å². The van der Waals surface area contributed by atoms with E-state index in [0.717, 1.165) is 19.1 Å². The van der Waals surface area contributed by atoms with E-state index in [-0.39, 0.29) is 18.4 Å². The molecule has 1 unspecified atom stereocenters. The number of aliphatic hydroxyl groups is 1. The molecule has 0 saturated carbocycles. The predicted molar refractivity (Wildman–Crippen MR) is 72.5 cm³/mol. The molecule has 1 aromatic rings. The van der Waals surface area contributed by atoms with Crippen molar-refractivity contribution in [2.24, 2.45) is 0 Å². The number of esters is 2. The van der Waals surface area contributed by atoms with Crippen molar-refractivity contribution in [3.63, 3.8) is 0 Å².